The molecule has 1 unspecified atom stereocenters. The fraction of sp³-hybridized carbons (Fsp3) is 0.364. The molecule has 0 amide bonds. The van der Waals surface area contributed by atoms with Crippen molar-refractivity contribution >= 4 is 23.4 Å². The first-order valence-corrected chi connectivity index (χ1v) is 9.72. The van der Waals surface area contributed by atoms with Crippen LogP contribution in [0.2, 0.25) is 5.02 Å². The van der Waals surface area contributed by atoms with E-state index in [4.69, 9.17) is 23.1 Å². The maximum atomic E-state index is 6.62. The van der Waals surface area contributed by atoms with Crippen molar-refractivity contribution in [3.8, 4) is 0 Å². The summed E-state index contributed by atoms with van der Waals surface area (Å²) in [7, 11) is 0. The lowest BCUT2D eigenvalue weighted by Crippen LogP contribution is -2.39. The highest BCUT2D eigenvalue weighted by atomic mass is 35.5. The van der Waals surface area contributed by atoms with Gasteiger partial charge in [0, 0.05) is 30.3 Å². The molecule has 0 aliphatic carbocycles. The third-order valence-corrected chi connectivity index (χ3v) is 4.88. The number of benzene rings is 2. The molecule has 0 saturated carbocycles. The fourth-order valence-corrected chi connectivity index (χ4v) is 3.39. The Morgan fingerprint density at radius 3 is 2.58 bits per heavy atom. The number of nitrogen functional groups attached to an aromatic ring is 1. The zero-order valence-corrected chi connectivity index (χ0v) is 16.5. The minimum atomic E-state index is -0.262. The Hall–Kier alpha value is -1.81. The molecule has 140 valence electrons. The molecule has 0 aromatic heterocycles. The first-order valence-electron chi connectivity index (χ1n) is 9.35. The van der Waals surface area contributed by atoms with Crippen LogP contribution < -0.4 is 11.5 Å². The predicted molar refractivity (Wildman–Crippen MR) is 114 cm³/mol. The molecule has 4 heteroatoms. The van der Waals surface area contributed by atoms with Gasteiger partial charge in [-0.3, -0.25) is 0 Å². The molecule has 26 heavy (non-hydrogen) atoms. The summed E-state index contributed by atoms with van der Waals surface area (Å²) in [5.74, 6) is 0. The first-order chi connectivity index (χ1) is 12.5. The quantitative estimate of drug-likeness (QED) is 0.734. The molecular formula is C22H30ClN3. The SMILES string of the molecule is CC.Nc1cccc(/C=C/CCN2CCC(N)(c3ccc(Cl)cc3)C2)c1. The number of nitrogens with two attached hydrogens (primary N) is 2. The van der Waals surface area contributed by atoms with Gasteiger partial charge in [0.25, 0.3) is 0 Å². The molecule has 0 spiro atoms. The Bertz CT molecular complexity index is 712. The number of hydrogen-bond donors (Lipinski definition) is 2. The summed E-state index contributed by atoms with van der Waals surface area (Å²) in [6.45, 7) is 6.94. The van der Waals surface area contributed by atoms with E-state index in [1.165, 1.54) is 5.56 Å². The highest BCUT2D eigenvalue weighted by Gasteiger charge is 2.35. The van der Waals surface area contributed by atoms with E-state index in [9.17, 15) is 0 Å². The van der Waals surface area contributed by atoms with Gasteiger partial charge in [-0.15, -0.1) is 0 Å². The lowest BCUT2D eigenvalue weighted by molar-refractivity contribution is 0.318. The molecule has 2 aromatic carbocycles. The van der Waals surface area contributed by atoms with Crippen LogP contribution in [0.5, 0.6) is 0 Å². The molecule has 1 aliphatic heterocycles. The van der Waals surface area contributed by atoms with Crippen LogP contribution in [0.25, 0.3) is 6.08 Å². The Kier molecular flexibility index (Phi) is 7.70. The molecule has 1 heterocycles. The van der Waals surface area contributed by atoms with Gasteiger partial charge >= 0.3 is 0 Å². The third-order valence-electron chi connectivity index (χ3n) is 4.63. The van der Waals surface area contributed by atoms with Crippen molar-refractivity contribution in [2.45, 2.75) is 32.2 Å². The zero-order chi connectivity index (χ0) is 19.0. The maximum absolute atomic E-state index is 6.62. The van der Waals surface area contributed by atoms with Gasteiger partial charge < -0.3 is 16.4 Å². The van der Waals surface area contributed by atoms with Crippen LogP contribution in [-0.2, 0) is 5.54 Å². The van der Waals surface area contributed by atoms with Crippen LogP contribution in [0, 0.1) is 0 Å². The molecule has 1 saturated heterocycles. The molecule has 3 nitrogen and oxygen atoms in total. The highest BCUT2D eigenvalue weighted by molar-refractivity contribution is 6.30. The van der Waals surface area contributed by atoms with Crippen LogP contribution in [0.1, 0.15) is 37.8 Å². The molecular weight excluding hydrogens is 342 g/mol. The normalized spacial score (nSPS) is 20.2. The average Bonchev–Trinajstić information content (AvgIpc) is 3.03. The summed E-state index contributed by atoms with van der Waals surface area (Å²) in [5.41, 5.74) is 15.3. The van der Waals surface area contributed by atoms with Crippen molar-refractivity contribution in [2.24, 2.45) is 5.73 Å². The summed E-state index contributed by atoms with van der Waals surface area (Å²) in [5, 5.41) is 0.754. The summed E-state index contributed by atoms with van der Waals surface area (Å²) in [4.78, 5) is 2.43. The van der Waals surface area contributed by atoms with Crippen LogP contribution in [0.3, 0.4) is 0 Å². The van der Waals surface area contributed by atoms with E-state index in [0.717, 1.165) is 48.7 Å². The van der Waals surface area contributed by atoms with E-state index in [1.807, 2.05) is 56.3 Å². The Balaban J connectivity index is 0.00000117. The minimum Gasteiger partial charge on any atom is -0.399 e. The second-order valence-corrected chi connectivity index (χ2v) is 6.99. The lowest BCUT2D eigenvalue weighted by Gasteiger charge is -2.25. The second kappa shape index (κ2) is 9.77. The van der Waals surface area contributed by atoms with Crippen molar-refractivity contribution < 1.29 is 0 Å². The van der Waals surface area contributed by atoms with Gasteiger partial charge in [0.15, 0.2) is 0 Å². The summed E-state index contributed by atoms with van der Waals surface area (Å²) < 4.78 is 0. The van der Waals surface area contributed by atoms with E-state index in [-0.39, 0.29) is 5.54 Å². The Morgan fingerprint density at radius 2 is 1.88 bits per heavy atom. The molecule has 0 bridgehead atoms. The van der Waals surface area contributed by atoms with E-state index in [0.29, 0.717) is 0 Å². The largest absolute Gasteiger partial charge is 0.399 e. The Labute approximate surface area is 162 Å². The van der Waals surface area contributed by atoms with E-state index in [1.54, 1.807) is 0 Å². The van der Waals surface area contributed by atoms with Gasteiger partial charge in [-0.2, -0.15) is 0 Å². The number of halogens is 1. The first kappa shape index (κ1) is 20.5. The van der Waals surface area contributed by atoms with Crippen molar-refractivity contribution in [3.63, 3.8) is 0 Å². The van der Waals surface area contributed by atoms with Crippen LogP contribution >= 0.6 is 11.6 Å². The number of likely N-dealkylation sites (tertiary alicyclic amines) is 1. The van der Waals surface area contributed by atoms with Crippen molar-refractivity contribution in [1.29, 1.82) is 0 Å². The second-order valence-electron chi connectivity index (χ2n) is 6.55. The summed E-state index contributed by atoms with van der Waals surface area (Å²) in [6, 6.07) is 15.9. The number of hydrogen-bond acceptors (Lipinski definition) is 3. The Morgan fingerprint density at radius 1 is 1.15 bits per heavy atom. The lowest BCUT2D eigenvalue weighted by atomic mass is 9.90. The molecule has 1 aliphatic rings. The van der Waals surface area contributed by atoms with Gasteiger partial charge in [0.05, 0.1) is 5.54 Å². The van der Waals surface area contributed by atoms with Gasteiger partial charge in [0.2, 0.25) is 0 Å². The zero-order valence-electron chi connectivity index (χ0n) is 15.8. The van der Waals surface area contributed by atoms with E-state index >= 15 is 0 Å². The van der Waals surface area contributed by atoms with Gasteiger partial charge in [0.1, 0.15) is 0 Å². The molecule has 1 fully saturated rings. The van der Waals surface area contributed by atoms with Crippen molar-refractivity contribution in [3.05, 3.63) is 70.8 Å². The standard InChI is InChI=1S/C20H24ClN3.C2H6/c21-18-9-7-17(8-10-18)20(23)11-13-24(15-20)12-2-1-4-16-5-3-6-19(22)14-16;1-2/h1,3-10,14H,2,11-13,15,22-23H2;1-2H3/b4-1+;. The van der Waals surface area contributed by atoms with Gasteiger partial charge in [-0.1, -0.05) is 61.9 Å². The highest BCUT2D eigenvalue weighted by Crippen LogP contribution is 2.30. The molecule has 0 radical (unpaired) electrons. The summed E-state index contributed by atoms with van der Waals surface area (Å²) >= 11 is 5.97. The van der Waals surface area contributed by atoms with Gasteiger partial charge in [-0.05, 0) is 48.2 Å². The number of rotatable bonds is 5. The third kappa shape index (κ3) is 5.60. The topological polar surface area (TPSA) is 55.3 Å². The molecule has 1 atom stereocenters. The van der Waals surface area contributed by atoms with E-state index in [2.05, 4.69) is 23.1 Å². The number of nitrogens with zero attached hydrogens (tertiary/aromatic N) is 1. The average molecular weight is 372 g/mol. The predicted octanol–water partition coefficient (Wildman–Crippen LogP) is 4.91. The molecule has 3 rings (SSSR count). The summed E-state index contributed by atoms with van der Waals surface area (Å²) in [6.07, 6.45) is 6.31. The molecule has 4 N–H and O–H groups in total. The molecule has 2 aromatic rings. The smallest absolute Gasteiger partial charge is 0.0550 e. The van der Waals surface area contributed by atoms with Gasteiger partial charge in [-0.25, -0.2) is 0 Å². The monoisotopic (exact) mass is 371 g/mol. The van der Waals surface area contributed by atoms with E-state index < -0.39 is 0 Å². The van der Waals surface area contributed by atoms with Crippen molar-refractivity contribution in [2.75, 3.05) is 25.4 Å². The van der Waals surface area contributed by atoms with Crippen LogP contribution in [0.4, 0.5) is 5.69 Å². The van der Waals surface area contributed by atoms with Crippen LogP contribution in [-0.4, -0.2) is 24.5 Å². The maximum Gasteiger partial charge on any atom is 0.0550 e. The van der Waals surface area contributed by atoms with Crippen LogP contribution in [0.15, 0.2) is 54.6 Å². The fourth-order valence-electron chi connectivity index (χ4n) is 3.26. The number of anilines is 1. The minimum absolute atomic E-state index is 0.262. The van der Waals surface area contributed by atoms with Crippen molar-refractivity contribution in [1.82, 2.24) is 4.90 Å².